The van der Waals surface area contributed by atoms with Gasteiger partial charge < -0.3 is 32.3 Å². The van der Waals surface area contributed by atoms with E-state index >= 15 is 0 Å². The molecule has 0 unspecified atom stereocenters. The van der Waals surface area contributed by atoms with Crippen LogP contribution in [0.2, 0.25) is 0 Å². The Morgan fingerprint density at radius 3 is 2.17 bits per heavy atom. The van der Waals surface area contributed by atoms with Gasteiger partial charge in [-0.1, -0.05) is 12.1 Å². The standard InChI is InChI=1S/C18H26N4O6S/c1-29-7-6-13(18(27)28)21-17(26)14(8-10-2-4-11(23)5-3-10)22-16(25)12(19)9-15(20)24/h2-5,12-14,23H,6-9,19H2,1H3,(H2,20,24)(H,21,26)(H,22,25)(H,27,28)/t12-,13-,14-/m0/s1. The molecule has 0 aliphatic carbocycles. The van der Waals surface area contributed by atoms with E-state index in [4.69, 9.17) is 11.5 Å². The van der Waals surface area contributed by atoms with E-state index in [-0.39, 0.29) is 18.6 Å². The van der Waals surface area contributed by atoms with Crippen molar-refractivity contribution in [2.45, 2.75) is 37.4 Å². The molecule has 11 heteroatoms. The van der Waals surface area contributed by atoms with Crippen LogP contribution < -0.4 is 22.1 Å². The molecule has 29 heavy (non-hydrogen) atoms. The molecule has 0 fully saturated rings. The van der Waals surface area contributed by atoms with Crippen molar-refractivity contribution in [3.8, 4) is 5.75 Å². The number of nitrogens with one attached hydrogen (secondary N) is 2. The number of aliphatic carboxylic acids is 1. The molecule has 0 aromatic heterocycles. The van der Waals surface area contributed by atoms with Gasteiger partial charge in [0, 0.05) is 6.42 Å². The third kappa shape index (κ3) is 8.83. The van der Waals surface area contributed by atoms with Crippen molar-refractivity contribution < 1.29 is 29.4 Å². The van der Waals surface area contributed by atoms with Gasteiger partial charge in [0.2, 0.25) is 17.7 Å². The van der Waals surface area contributed by atoms with Crippen molar-refractivity contribution in [1.29, 1.82) is 0 Å². The molecule has 1 aromatic rings. The Labute approximate surface area is 172 Å². The number of aromatic hydroxyl groups is 1. The second-order valence-electron chi connectivity index (χ2n) is 6.39. The largest absolute Gasteiger partial charge is 0.508 e. The van der Waals surface area contributed by atoms with Crippen LogP contribution in [0.15, 0.2) is 24.3 Å². The van der Waals surface area contributed by atoms with Crippen LogP contribution in [0, 0.1) is 0 Å². The lowest BCUT2D eigenvalue weighted by Crippen LogP contribution is -2.55. The van der Waals surface area contributed by atoms with E-state index in [1.54, 1.807) is 12.1 Å². The highest BCUT2D eigenvalue weighted by Gasteiger charge is 2.28. The van der Waals surface area contributed by atoms with Gasteiger partial charge in [0.25, 0.3) is 0 Å². The Morgan fingerprint density at radius 2 is 1.66 bits per heavy atom. The summed E-state index contributed by atoms with van der Waals surface area (Å²) in [6, 6.07) is 2.47. The number of benzene rings is 1. The Morgan fingerprint density at radius 1 is 1.07 bits per heavy atom. The monoisotopic (exact) mass is 426 g/mol. The second kappa shape index (κ2) is 11.9. The van der Waals surface area contributed by atoms with Crippen molar-refractivity contribution in [2.75, 3.05) is 12.0 Å². The van der Waals surface area contributed by atoms with E-state index in [1.165, 1.54) is 23.9 Å². The highest BCUT2D eigenvalue weighted by molar-refractivity contribution is 7.98. The predicted octanol–water partition coefficient (Wildman–Crippen LogP) is -1.06. The summed E-state index contributed by atoms with van der Waals surface area (Å²) in [6.45, 7) is 0. The van der Waals surface area contributed by atoms with Gasteiger partial charge in [-0.05, 0) is 36.1 Å². The zero-order chi connectivity index (χ0) is 22.0. The van der Waals surface area contributed by atoms with Crippen LogP contribution in [0.25, 0.3) is 0 Å². The van der Waals surface area contributed by atoms with E-state index in [0.717, 1.165) is 0 Å². The lowest BCUT2D eigenvalue weighted by Gasteiger charge is -2.23. The molecular weight excluding hydrogens is 400 g/mol. The number of primary amides is 1. The number of amides is 3. The molecule has 160 valence electrons. The molecule has 1 aromatic carbocycles. The topological polar surface area (TPSA) is 185 Å². The average molecular weight is 426 g/mol. The molecule has 3 amide bonds. The molecular formula is C18H26N4O6S. The molecule has 0 aliphatic rings. The first-order chi connectivity index (χ1) is 13.6. The van der Waals surface area contributed by atoms with E-state index in [0.29, 0.717) is 11.3 Å². The zero-order valence-electron chi connectivity index (χ0n) is 16.0. The lowest BCUT2D eigenvalue weighted by molar-refractivity contribution is -0.142. The fourth-order valence-corrected chi connectivity index (χ4v) is 2.90. The number of nitrogens with two attached hydrogens (primary N) is 2. The first-order valence-electron chi connectivity index (χ1n) is 8.78. The number of carbonyl (C=O) groups excluding carboxylic acids is 3. The maximum absolute atomic E-state index is 12.7. The Balaban J connectivity index is 2.96. The van der Waals surface area contributed by atoms with Crippen LogP contribution in [0.1, 0.15) is 18.4 Å². The van der Waals surface area contributed by atoms with Gasteiger partial charge in [-0.15, -0.1) is 0 Å². The number of hydrogen-bond donors (Lipinski definition) is 6. The molecule has 3 atom stereocenters. The molecule has 0 saturated heterocycles. The molecule has 0 bridgehead atoms. The molecule has 10 nitrogen and oxygen atoms in total. The van der Waals surface area contributed by atoms with E-state index in [9.17, 15) is 29.4 Å². The van der Waals surface area contributed by atoms with Crippen LogP contribution in [-0.4, -0.2) is 64.0 Å². The van der Waals surface area contributed by atoms with Gasteiger partial charge >= 0.3 is 5.97 Å². The summed E-state index contributed by atoms with van der Waals surface area (Å²) in [5.41, 5.74) is 11.3. The minimum absolute atomic E-state index is 0.0238. The van der Waals surface area contributed by atoms with Crippen LogP contribution >= 0.6 is 11.8 Å². The number of phenolic OH excluding ortho intramolecular Hbond substituents is 1. The van der Waals surface area contributed by atoms with Crippen LogP contribution in [-0.2, 0) is 25.6 Å². The summed E-state index contributed by atoms with van der Waals surface area (Å²) in [7, 11) is 0. The molecule has 0 radical (unpaired) electrons. The summed E-state index contributed by atoms with van der Waals surface area (Å²) >= 11 is 1.44. The van der Waals surface area contributed by atoms with Gasteiger partial charge in [-0.25, -0.2) is 4.79 Å². The SMILES string of the molecule is CSCC[C@H](NC(=O)[C@H](Cc1ccc(O)cc1)NC(=O)[C@@H](N)CC(N)=O)C(=O)O. The summed E-state index contributed by atoms with van der Waals surface area (Å²) in [6.07, 6.45) is 1.65. The molecule has 1 rings (SSSR count). The second-order valence-corrected chi connectivity index (χ2v) is 7.38. The van der Waals surface area contributed by atoms with Crippen molar-refractivity contribution in [3.05, 3.63) is 29.8 Å². The van der Waals surface area contributed by atoms with Crippen LogP contribution in [0.5, 0.6) is 5.75 Å². The molecule has 0 aliphatic heterocycles. The Bertz CT molecular complexity index is 728. The number of hydrogen-bond acceptors (Lipinski definition) is 7. The summed E-state index contributed by atoms with van der Waals surface area (Å²) in [5, 5.41) is 23.6. The first kappa shape index (κ1) is 24.2. The summed E-state index contributed by atoms with van der Waals surface area (Å²) in [4.78, 5) is 47.3. The van der Waals surface area contributed by atoms with Crippen molar-refractivity contribution >= 4 is 35.5 Å². The lowest BCUT2D eigenvalue weighted by atomic mass is 10.0. The smallest absolute Gasteiger partial charge is 0.326 e. The fourth-order valence-electron chi connectivity index (χ4n) is 2.43. The van der Waals surface area contributed by atoms with E-state index in [1.807, 2.05) is 6.26 Å². The quantitative estimate of drug-likeness (QED) is 0.244. The Hall–Kier alpha value is -2.79. The van der Waals surface area contributed by atoms with Crippen molar-refractivity contribution in [1.82, 2.24) is 10.6 Å². The van der Waals surface area contributed by atoms with Crippen molar-refractivity contribution in [3.63, 3.8) is 0 Å². The zero-order valence-corrected chi connectivity index (χ0v) is 16.8. The maximum Gasteiger partial charge on any atom is 0.326 e. The number of carboxylic acids is 1. The fraction of sp³-hybridized carbons (Fsp3) is 0.444. The number of carbonyl (C=O) groups is 4. The van der Waals surface area contributed by atoms with Crippen molar-refractivity contribution in [2.24, 2.45) is 11.5 Å². The first-order valence-corrected chi connectivity index (χ1v) is 10.2. The third-order valence-corrected chi connectivity index (χ3v) is 4.64. The van der Waals surface area contributed by atoms with Gasteiger partial charge in [0.15, 0.2) is 0 Å². The molecule has 0 spiro atoms. The number of rotatable bonds is 12. The van der Waals surface area contributed by atoms with E-state index < -0.39 is 48.2 Å². The van der Waals surface area contributed by atoms with E-state index in [2.05, 4.69) is 10.6 Å². The summed E-state index contributed by atoms with van der Waals surface area (Å²) in [5.74, 6) is -2.87. The van der Waals surface area contributed by atoms with Gasteiger partial charge in [0.05, 0.1) is 12.5 Å². The highest BCUT2D eigenvalue weighted by atomic mass is 32.2. The average Bonchev–Trinajstić information content (AvgIpc) is 2.65. The Kier molecular flexibility index (Phi) is 9.97. The number of carboxylic acid groups (broad SMARTS) is 1. The minimum atomic E-state index is -1.24. The van der Waals surface area contributed by atoms with Crippen LogP contribution in [0.3, 0.4) is 0 Å². The van der Waals surface area contributed by atoms with Crippen LogP contribution in [0.4, 0.5) is 0 Å². The van der Waals surface area contributed by atoms with Gasteiger partial charge in [-0.2, -0.15) is 11.8 Å². The maximum atomic E-state index is 12.7. The van der Waals surface area contributed by atoms with Gasteiger partial charge in [-0.3, -0.25) is 14.4 Å². The van der Waals surface area contributed by atoms with Gasteiger partial charge in [0.1, 0.15) is 17.8 Å². The predicted molar refractivity (Wildman–Crippen MR) is 108 cm³/mol. The highest BCUT2D eigenvalue weighted by Crippen LogP contribution is 2.12. The molecule has 0 saturated carbocycles. The normalized spacial score (nSPS) is 13.7. The number of thioether (sulfide) groups is 1. The minimum Gasteiger partial charge on any atom is -0.508 e. The number of phenols is 1. The molecule has 8 N–H and O–H groups in total. The third-order valence-electron chi connectivity index (χ3n) is 3.99. The summed E-state index contributed by atoms with van der Waals surface area (Å²) < 4.78 is 0. The molecule has 0 heterocycles.